The molecule has 0 spiro atoms. The van der Waals surface area contributed by atoms with Gasteiger partial charge < -0.3 is 202 Å². The Morgan fingerprint density at radius 1 is 0.511 bits per heavy atom. The van der Waals surface area contributed by atoms with E-state index in [2.05, 4.69) is 40.7 Å². The number of esters is 4. The maximum atomic E-state index is 16.5. The zero-order chi connectivity index (χ0) is 104. The fraction of sp³-hybridized carbons (Fsp3) is 0.895. The fourth-order valence-corrected chi connectivity index (χ4v) is 24.3. The van der Waals surface area contributed by atoms with Gasteiger partial charge in [0.25, 0.3) is 0 Å². The van der Waals surface area contributed by atoms with E-state index in [1.165, 1.54) is 20.8 Å². The summed E-state index contributed by atoms with van der Waals surface area (Å²) in [5.41, 5.74) is -4.33. The Morgan fingerprint density at radius 2 is 1.06 bits per heavy atom. The second kappa shape index (κ2) is 45.2. The van der Waals surface area contributed by atoms with Crippen molar-refractivity contribution in [1.29, 1.82) is 0 Å². The molecule has 21 N–H and O–H groups in total. The molecule has 11 fully saturated rings. The number of aliphatic carboxylic acids is 1. The van der Waals surface area contributed by atoms with Gasteiger partial charge in [-0.25, -0.2) is 4.79 Å². The van der Waals surface area contributed by atoms with Crippen molar-refractivity contribution in [3.05, 3.63) is 23.4 Å². The molecule has 4 saturated carbocycles. The molecule has 0 amide bonds. The van der Waals surface area contributed by atoms with Crippen LogP contribution in [0.2, 0.25) is 0 Å². The average Bonchev–Trinajstić information content (AvgIpc) is 1.00. The van der Waals surface area contributed by atoms with Gasteiger partial charge in [0.15, 0.2) is 74.4 Å². The van der Waals surface area contributed by atoms with Crippen molar-refractivity contribution in [3.63, 3.8) is 0 Å². The summed E-state index contributed by atoms with van der Waals surface area (Å²) in [4.78, 5) is 86.5. The molecule has 806 valence electrons. The van der Waals surface area contributed by atoms with Crippen LogP contribution in [0.3, 0.4) is 0 Å². The van der Waals surface area contributed by atoms with Crippen molar-refractivity contribution < 1.29 is 226 Å². The number of aldehydes is 1. The van der Waals surface area contributed by atoms with Crippen LogP contribution < -0.4 is 0 Å². The Labute approximate surface area is 815 Å². The molecule has 50 atom stereocenters. The molecule has 5 aliphatic carbocycles. The summed E-state index contributed by atoms with van der Waals surface area (Å²) in [5, 5.41) is 231. The van der Waals surface area contributed by atoms with Gasteiger partial charge in [-0.2, -0.15) is 0 Å². The minimum Gasteiger partial charge on any atom is -0.504 e. The van der Waals surface area contributed by atoms with Gasteiger partial charge in [0, 0.05) is 19.8 Å². The van der Waals surface area contributed by atoms with E-state index in [4.69, 9.17) is 90.0 Å². The molecule has 0 aromatic heterocycles. The molecular weight excluding hydrogens is 1880 g/mol. The maximum absolute atomic E-state index is 16.5. The number of carbonyl (C=O) groups is 6. The molecule has 46 nitrogen and oxygen atoms in total. The van der Waals surface area contributed by atoms with Crippen LogP contribution in [0.4, 0.5) is 0 Å². The van der Waals surface area contributed by atoms with Crippen molar-refractivity contribution in [1.82, 2.24) is 0 Å². The number of carboxylic acids is 1. The number of aliphatic hydroxyl groups excluding tert-OH is 20. The molecular formula is C95H150O46. The van der Waals surface area contributed by atoms with Gasteiger partial charge in [-0.1, -0.05) is 93.7 Å². The molecule has 46 heteroatoms. The monoisotopic (exact) mass is 2030 g/mol. The molecule has 8 heterocycles. The Balaban J connectivity index is 0.765. The lowest BCUT2D eigenvalue weighted by molar-refractivity contribution is -0.394. The van der Waals surface area contributed by atoms with Gasteiger partial charge in [0.2, 0.25) is 12.0 Å². The predicted molar refractivity (Wildman–Crippen MR) is 471 cm³/mol. The molecule has 0 aromatic rings. The number of carbonyl (C=O) groups excluding carboxylic acids is 5. The van der Waals surface area contributed by atoms with Gasteiger partial charge in [0.1, 0.15) is 135 Å². The third-order valence-electron chi connectivity index (χ3n) is 33.5. The van der Waals surface area contributed by atoms with Crippen molar-refractivity contribution >= 4 is 36.1 Å². The van der Waals surface area contributed by atoms with Crippen LogP contribution in [0.5, 0.6) is 0 Å². The number of hydrogen-bond donors (Lipinski definition) is 21. The first-order chi connectivity index (χ1) is 66.2. The summed E-state index contributed by atoms with van der Waals surface area (Å²) in [7, 11) is 0. The Kier molecular flexibility index (Phi) is 36.1. The maximum Gasteiger partial charge on any atom is 0.335 e. The van der Waals surface area contributed by atoms with E-state index >= 15 is 4.79 Å². The van der Waals surface area contributed by atoms with Crippen LogP contribution in [-0.4, -0.2) is 415 Å². The summed E-state index contributed by atoms with van der Waals surface area (Å²) in [6.07, 6.45) is -64.0. The molecule has 13 rings (SSSR count). The number of ether oxygens (including phenoxy) is 19. The fourth-order valence-electron chi connectivity index (χ4n) is 24.3. The van der Waals surface area contributed by atoms with Crippen LogP contribution in [0.25, 0.3) is 0 Å². The second-order valence-electron chi connectivity index (χ2n) is 43.1. The van der Waals surface area contributed by atoms with E-state index in [-0.39, 0.29) is 43.9 Å². The number of hydrogen-bond acceptors (Lipinski definition) is 45. The minimum absolute atomic E-state index is 0.0769. The number of allylic oxidation sites excluding steroid dienone is 2. The minimum atomic E-state index is -2.26. The van der Waals surface area contributed by atoms with E-state index in [0.29, 0.717) is 57.8 Å². The first-order valence-corrected chi connectivity index (χ1v) is 49.4. The lowest BCUT2D eigenvalue weighted by atomic mass is 9.33. The normalized spacial score (nSPS) is 46.9. The third kappa shape index (κ3) is 22.5. The highest BCUT2D eigenvalue weighted by atomic mass is 16.8. The topological polar surface area (TPSA) is 703 Å². The van der Waals surface area contributed by atoms with Crippen LogP contribution >= 0.6 is 0 Å². The quantitative estimate of drug-likeness (QED) is 0.0101. The molecule has 0 unspecified atom stereocenters. The highest BCUT2D eigenvalue weighted by Crippen LogP contribution is 2.76. The van der Waals surface area contributed by atoms with E-state index in [1.54, 1.807) is 27.7 Å². The van der Waals surface area contributed by atoms with E-state index in [9.17, 15) is 131 Å². The number of rotatable bonds is 35. The number of carboxylic acid groups (broad SMARTS) is 1. The molecule has 0 radical (unpaired) electrons. The van der Waals surface area contributed by atoms with E-state index in [1.807, 2.05) is 6.92 Å². The third-order valence-corrected chi connectivity index (χ3v) is 33.5. The number of aliphatic hydroxyl groups is 20. The highest BCUT2D eigenvalue weighted by Gasteiger charge is 2.72. The summed E-state index contributed by atoms with van der Waals surface area (Å²) < 4.78 is 116. The standard InChI is InChI=1S/C95H150O46/c1-15-37(3)49(129-56(104)29-44(101)28-50(38(4)16-2)130-85-66(114)61(109)52(33-97)131-85)27-43(100)30-57(105)134-73-41(7)127-87(79(77(73)128-42(8)99)140-84-69(117)64(112)72(40(6)126-84)135-82-71(119)74(48(103)35-124-82)136-81-65(113)59(107)47(102)34-123-81)141-89(122)95-25-23-90(9,10)31-46(95)45-17-18-54-91(11)21-20-55(92(12,36-98)53(91)19-22-94(54,14)93(45,13)24-26-95)133-88-78(139-86-68(116)63(111)60(108)51(32-96)132-86)75(70(118)76(138-88)80(120)121)137-83-67(115)62(110)58(106)39(5)125-83/h17,36-41,43-44,46-55,58-70,72-79,81,83-88,96-97,100-103,106-119H,15-16,18-35H2,1-14H3,(H,120,121)/t37-,38-,39-,40-,41+,43-,44-,46-,47+,48+,49-,50-,51+,52-,53+,54+,55-,58-,59-,60-,61-,62+,63-,64-,65+,66+,67+,68+,69+,70-,72-,73-,74-,75-,76-,77-,78+,79+,81-,83-,84-,85+,86-,87-,88+,91-,92-,93+,94+,95-/m0/s1. The Hall–Kier alpha value is -5.38. The highest BCUT2D eigenvalue weighted by molar-refractivity contribution is 5.79. The molecule has 0 bridgehead atoms. The largest absolute Gasteiger partial charge is 0.504 e. The molecule has 8 aliphatic heterocycles. The number of fused-ring (bicyclic) bond motifs is 7. The van der Waals surface area contributed by atoms with Crippen LogP contribution in [0.15, 0.2) is 23.4 Å². The summed E-state index contributed by atoms with van der Waals surface area (Å²) in [6, 6.07) is 0. The van der Waals surface area contributed by atoms with Gasteiger partial charge in [-0.15, -0.1) is 0 Å². The van der Waals surface area contributed by atoms with Gasteiger partial charge in [-0.3, -0.25) is 19.2 Å². The van der Waals surface area contributed by atoms with Crippen LogP contribution in [0.1, 0.15) is 200 Å². The lowest BCUT2D eigenvalue weighted by Gasteiger charge is -2.71. The SMILES string of the molecule is CC[C@H](C)[C@H](C[C@H](O)CC(=O)O[C@@H]1[C@H](OC(C)=O)[C@@H](O[C@@H]2O[C@@H](C)[C@H](OC3=C(O)[C@@H](O[C@@H]4OC[C@@H](O)[C@H](O)[C@H]4O)[C@H](O)CO3)[C@@H](O)[C@H]2O)[C@H](OC(=O)[C@]23CCC(C)(C)C[C@H]2C2=CC[C@@H]4[C@@]5(C)CC[C@H](O[C@@H]6O[C@H](C(=O)O)[C@@H](O)[C@H](O[C@@H]7O[C@@H](C)[C@H](O)[C@@H](O)[C@H]7O)[C@H]6O[C@@H]6O[C@H](CO)[C@H](O)[C@H](O)[C@H]6O)[C@@](C)(C=O)[C@@H]5CC[C@@]4(C)[C@]2(C)CC3)O[C@@H]1C)OC(=O)C[C@@H](O)C[C@H](O[C@@H]1O[C@@H](CO)[C@H](O)[C@H]1O)[C@@H](C)CC. The van der Waals surface area contributed by atoms with Crippen molar-refractivity contribution in [2.24, 2.45) is 62.1 Å². The Bertz CT molecular complexity index is 4300. The van der Waals surface area contributed by atoms with Crippen LogP contribution in [0, 0.1) is 62.1 Å². The zero-order valence-electron chi connectivity index (χ0n) is 81.9. The molecule has 13 aliphatic rings. The van der Waals surface area contributed by atoms with Gasteiger partial charge >= 0.3 is 35.8 Å². The summed E-state index contributed by atoms with van der Waals surface area (Å²) in [5.74, 6) is -9.36. The van der Waals surface area contributed by atoms with Crippen molar-refractivity contribution in [2.45, 2.75) is 445 Å². The lowest BCUT2D eigenvalue weighted by Crippen LogP contribution is -2.69. The zero-order valence-corrected chi connectivity index (χ0v) is 81.9. The predicted octanol–water partition coefficient (Wildman–Crippen LogP) is -2.66. The van der Waals surface area contributed by atoms with Crippen molar-refractivity contribution in [3.8, 4) is 0 Å². The van der Waals surface area contributed by atoms with E-state index < -0.39 is 377 Å². The molecule has 7 saturated heterocycles. The van der Waals surface area contributed by atoms with E-state index in [0.717, 1.165) is 18.8 Å². The van der Waals surface area contributed by atoms with Gasteiger partial charge in [-0.05, 0) is 136 Å². The summed E-state index contributed by atoms with van der Waals surface area (Å²) in [6.45, 7) is 22.0. The summed E-state index contributed by atoms with van der Waals surface area (Å²) >= 11 is 0. The molecule has 141 heavy (non-hydrogen) atoms. The van der Waals surface area contributed by atoms with Gasteiger partial charge in [0.05, 0.1) is 86.2 Å². The Morgan fingerprint density at radius 3 is 1.68 bits per heavy atom. The van der Waals surface area contributed by atoms with Crippen LogP contribution in [-0.2, 0) is 119 Å². The molecule has 0 aromatic carbocycles. The first kappa shape index (κ1) is 113. The smallest absolute Gasteiger partial charge is 0.335 e. The average molecular weight is 2030 g/mol. The second-order valence-corrected chi connectivity index (χ2v) is 43.1. The van der Waals surface area contributed by atoms with Crippen molar-refractivity contribution in [2.75, 3.05) is 26.4 Å². The first-order valence-electron chi connectivity index (χ1n) is 49.4.